The highest BCUT2D eigenvalue weighted by atomic mass is 16.5. The number of carbonyl (C=O) groups excluding carboxylic acids is 1. The third-order valence-electron chi connectivity index (χ3n) is 4.44. The van der Waals surface area contributed by atoms with E-state index in [1.54, 1.807) is 11.9 Å². The van der Waals surface area contributed by atoms with Gasteiger partial charge in [-0.1, -0.05) is 0 Å². The average molecular weight is 298 g/mol. The third kappa shape index (κ3) is 5.47. The Hall–Kier alpha value is -0.810. The highest BCUT2D eigenvalue weighted by Crippen LogP contribution is 2.32. The second kappa shape index (κ2) is 7.45. The van der Waals surface area contributed by atoms with E-state index in [4.69, 9.17) is 4.74 Å². The average Bonchev–Trinajstić information content (AvgIpc) is 3.24. The molecule has 0 bridgehead atoms. The van der Waals surface area contributed by atoms with Crippen LogP contribution in [0.5, 0.6) is 0 Å². The Labute approximate surface area is 128 Å². The van der Waals surface area contributed by atoms with Gasteiger partial charge in [0, 0.05) is 19.6 Å². The lowest BCUT2D eigenvalue weighted by atomic mass is 9.93. The number of hydrogen-bond donors (Lipinski definition) is 2. The third-order valence-corrected chi connectivity index (χ3v) is 4.44. The van der Waals surface area contributed by atoms with Gasteiger partial charge in [-0.05, 0) is 58.3 Å². The lowest BCUT2D eigenvalue weighted by Gasteiger charge is -2.31. The van der Waals surface area contributed by atoms with Crippen molar-refractivity contribution in [2.45, 2.75) is 76.7 Å². The van der Waals surface area contributed by atoms with Gasteiger partial charge in [0.15, 0.2) is 0 Å². The van der Waals surface area contributed by atoms with Crippen LogP contribution in [-0.4, -0.2) is 54.0 Å². The first-order valence-electron chi connectivity index (χ1n) is 8.31. The van der Waals surface area contributed by atoms with E-state index < -0.39 is 0 Å². The Kier molecular flexibility index (Phi) is 5.88. The Morgan fingerprint density at radius 1 is 1.24 bits per heavy atom. The first kappa shape index (κ1) is 16.6. The van der Waals surface area contributed by atoms with Crippen LogP contribution in [0, 0.1) is 5.92 Å². The highest BCUT2D eigenvalue weighted by molar-refractivity contribution is 5.74. The smallest absolute Gasteiger partial charge is 0.317 e. The van der Waals surface area contributed by atoms with E-state index in [0.29, 0.717) is 18.6 Å². The molecule has 2 amide bonds. The molecule has 5 nitrogen and oxygen atoms in total. The van der Waals surface area contributed by atoms with Crippen molar-refractivity contribution in [2.75, 3.05) is 13.6 Å². The van der Waals surface area contributed by atoms with Crippen LogP contribution in [0.25, 0.3) is 0 Å². The maximum absolute atomic E-state index is 12.1. The molecular weight excluding hydrogens is 268 g/mol. The van der Waals surface area contributed by atoms with Gasteiger partial charge in [-0.15, -0.1) is 0 Å². The second-order valence-corrected chi connectivity index (χ2v) is 6.89. The molecule has 0 heterocycles. The van der Waals surface area contributed by atoms with E-state index in [9.17, 15) is 9.90 Å². The fourth-order valence-corrected chi connectivity index (χ4v) is 3.01. The minimum absolute atomic E-state index is 0.0667. The number of urea groups is 1. The predicted octanol–water partition coefficient (Wildman–Crippen LogP) is 2.13. The SMILES string of the molecule is CC(C)OC1CCC(NC(=O)N(C)CC(O)C2CC2)CC1. The Morgan fingerprint density at radius 3 is 2.38 bits per heavy atom. The maximum atomic E-state index is 12.1. The number of carbonyl (C=O) groups is 1. The molecule has 0 aliphatic heterocycles. The van der Waals surface area contributed by atoms with E-state index in [1.165, 1.54) is 0 Å². The molecule has 0 aromatic carbocycles. The minimum Gasteiger partial charge on any atom is -0.391 e. The van der Waals surface area contributed by atoms with Crippen LogP contribution >= 0.6 is 0 Å². The summed E-state index contributed by atoms with van der Waals surface area (Å²) < 4.78 is 5.82. The molecule has 0 saturated heterocycles. The van der Waals surface area contributed by atoms with Gasteiger partial charge >= 0.3 is 6.03 Å². The van der Waals surface area contributed by atoms with Gasteiger partial charge in [0.2, 0.25) is 0 Å². The van der Waals surface area contributed by atoms with Gasteiger partial charge in [-0.3, -0.25) is 0 Å². The lowest BCUT2D eigenvalue weighted by molar-refractivity contribution is -0.0158. The maximum Gasteiger partial charge on any atom is 0.317 e. The molecule has 21 heavy (non-hydrogen) atoms. The molecule has 5 heteroatoms. The van der Waals surface area contributed by atoms with E-state index in [1.807, 2.05) is 0 Å². The zero-order chi connectivity index (χ0) is 15.4. The highest BCUT2D eigenvalue weighted by Gasteiger charge is 2.31. The molecule has 1 unspecified atom stereocenters. The van der Waals surface area contributed by atoms with Crippen LogP contribution in [0.15, 0.2) is 0 Å². The topological polar surface area (TPSA) is 61.8 Å². The number of nitrogens with one attached hydrogen (secondary N) is 1. The molecule has 0 spiro atoms. The lowest BCUT2D eigenvalue weighted by Crippen LogP contribution is -2.47. The largest absolute Gasteiger partial charge is 0.391 e. The summed E-state index contributed by atoms with van der Waals surface area (Å²) in [6, 6.07) is 0.174. The van der Waals surface area contributed by atoms with Gasteiger partial charge in [0.05, 0.1) is 18.3 Å². The molecule has 2 N–H and O–H groups in total. The second-order valence-electron chi connectivity index (χ2n) is 6.89. The van der Waals surface area contributed by atoms with Gasteiger partial charge in [-0.25, -0.2) is 4.79 Å². The van der Waals surface area contributed by atoms with Crippen molar-refractivity contribution in [2.24, 2.45) is 5.92 Å². The monoisotopic (exact) mass is 298 g/mol. The molecule has 1 atom stereocenters. The van der Waals surface area contributed by atoms with Crippen molar-refractivity contribution in [1.82, 2.24) is 10.2 Å². The summed E-state index contributed by atoms with van der Waals surface area (Å²) in [5, 5.41) is 13.0. The Balaban J connectivity index is 1.66. The summed E-state index contributed by atoms with van der Waals surface area (Å²) in [4.78, 5) is 13.7. The minimum atomic E-state index is -0.365. The van der Waals surface area contributed by atoms with Gasteiger partial charge in [0.25, 0.3) is 0 Å². The summed E-state index contributed by atoms with van der Waals surface area (Å²) in [5.74, 6) is 0.406. The van der Waals surface area contributed by atoms with E-state index in [-0.39, 0.29) is 24.3 Å². The van der Waals surface area contributed by atoms with Crippen molar-refractivity contribution in [1.29, 1.82) is 0 Å². The van der Waals surface area contributed by atoms with Crippen LogP contribution in [0.4, 0.5) is 4.79 Å². The van der Waals surface area contributed by atoms with Crippen molar-refractivity contribution < 1.29 is 14.6 Å². The molecule has 2 aliphatic rings. The van der Waals surface area contributed by atoms with Gasteiger partial charge in [-0.2, -0.15) is 0 Å². The molecule has 0 radical (unpaired) electrons. The fraction of sp³-hybridized carbons (Fsp3) is 0.938. The number of aliphatic hydroxyl groups excluding tert-OH is 1. The molecule has 0 aromatic rings. The van der Waals surface area contributed by atoms with Crippen molar-refractivity contribution in [3.8, 4) is 0 Å². The first-order valence-corrected chi connectivity index (χ1v) is 8.31. The molecular formula is C16H30N2O3. The molecule has 2 rings (SSSR count). The van der Waals surface area contributed by atoms with Crippen LogP contribution in [-0.2, 0) is 4.74 Å². The first-order chi connectivity index (χ1) is 9.95. The predicted molar refractivity (Wildman–Crippen MR) is 82.2 cm³/mol. The normalized spacial score (nSPS) is 27.5. The summed E-state index contributed by atoms with van der Waals surface area (Å²) in [5.41, 5.74) is 0. The zero-order valence-corrected chi connectivity index (χ0v) is 13.5. The number of hydrogen-bond acceptors (Lipinski definition) is 3. The Bertz CT molecular complexity index is 336. The number of likely N-dealkylation sites (N-methyl/N-ethyl adjacent to an activating group) is 1. The molecule has 122 valence electrons. The number of nitrogens with zero attached hydrogens (tertiary/aromatic N) is 1. The van der Waals surface area contributed by atoms with Crippen LogP contribution in [0.3, 0.4) is 0 Å². The van der Waals surface area contributed by atoms with Crippen molar-refractivity contribution >= 4 is 6.03 Å². The number of ether oxygens (including phenoxy) is 1. The van der Waals surface area contributed by atoms with Gasteiger partial charge in [0.1, 0.15) is 0 Å². The molecule has 2 aliphatic carbocycles. The molecule has 2 fully saturated rings. The number of rotatable bonds is 6. The summed E-state index contributed by atoms with van der Waals surface area (Å²) in [7, 11) is 1.76. The number of aliphatic hydroxyl groups is 1. The number of amides is 2. The zero-order valence-electron chi connectivity index (χ0n) is 13.5. The van der Waals surface area contributed by atoms with Crippen LogP contribution < -0.4 is 5.32 Å². The van der Waals surface area contributed by atoms with E-state index in [0.717, 1.165) is 38.5 Å². The van der Waals surface area contributed by atoms with E-state index in [2.05, 4.69) is 19.2 Å². The standard InChI is InChI=1S/C16H30N2O3/c1-11(2)21-14-8-6-13(7-9-14)17-16(20)18(3)10-15(19)12-4-5-12/h11-15,19H,4-10H2,1-3H3,(H,17,20). The summed E-state index contributed by atoms with van der Waals surface area (Å²) >= 11 is 0. The van der Waals surface area contributed by atoms with Crippen molar-refractivity contribution in [3.63, 3.8) is 0 Å². The quantitative estimate of drug-likeness (QED) is 0.789. The van der Waals surface area contributed by atoms with Crippen LogP contribution in [0.2, 0.25) is 0 Å². The molecule has 0 aromatic heterocycles. The summed E-state index contributed by atoms with van der Waals surface area (Å²) in [6.45, 7) is 4.56. The Morgan fingerprint density at radius 2 is 1.86 bits per heavy atom. The van der Waals surface area contributed by atoms with Gasteiger partial charge < -0.3 is 20.1 Å². The summed E-state index contributed by atoms with van der Waals surface area (Å²) in [6.07, 6.45) is 6.41. The van der Waals surface area contributed by atoms with Crippen LogP contribution in [0.1, 0.15) is 52.4 Å². The fourth-order valence-electron chi connectivity index (χ4n) is 3.01. The van der Waals surface area contributed by atoms with E-state index >= 15 is 0 Å². The van der Waals surface area contributed by atoms with Crippen molar-refractivity contribution in [3.05, 3.63) is 0 Å². The molecule has 2 saturated carbocycles.